The molecule has 0 bridgehead atoms. The lowest BCUT2D eigenvalue weighted by Crippen LogP contribution is -2.48. The molecule has 238 valence electrons. The number of ether oxygens (including phenoxy) is 3. The monoisotopic (exact) mass is 643 g/mol. The maximum atomic E-state index is 13.7. The number of hydrogen-bond acceptors (Lipinski definition) is 11. The number of anilines is 2. The summed E-state index contributed by atoms with van der Waals surface area (Å²) in [6, 6.07) is 24.0. The van der Waals surface area contributed by atoms with Crippen molar-refractivity contribution in [1.29, 1.82) is 5.26 Å². The van der Waals surface area contributed by atoms with Crippen molar-refractivity contribution in [2.75, 3.05) is 57.3 Å². The van der Waals surface area contributed by atoms with Gasteiger partial charge in [0.1, 0.15) is 17.3 Å². The Morgan fingerprint density at radius 3 is 2.04 bits per heavy atom. The van der Waals surface area contributed by atoms with E-state index in [0.717, 1.165) is 12.8 Å². The van der Waals surface area contributed by atoms with Crippen molar-refractivity contribution < 1.29 is 32.2 Å². The molecule has 13 heteroatoms. The highest BCUT2D eigenvalue weighted by atomic mass is 32.2. The van der Waals surface area contributed by atoms with Crippen LogP contribution in [0.5, 0.6) is 5.75 Å². The molecule has 0 radical (unpaired) electrons. The molecule has 0 aliphatic carbocycles. The van der Waals surface area contributed by atoms with Crippen LogP contribution in [0.25, 0.3) is 0 Å². The summed E-state index contributed by atoms with van der Waals surface area (Å²) in [5.74, 6) is -2.17. The normalized spacial score (nSPS) is 17.4. The first-order valence-electron chi connectivity index (χ1n) is 14.3. The second kappa shape index (κ2) is 13.4. The summed E-state index contributed by atoms with van der Waals surface area (Å²) in [5, 5.41) is 10.2. The molecule has 1 unspecified atom stereocenters. The number of piperazine rings is 1. The van der Waals surface area contributed by atoms with Crippen LogP contribution in [0.1, 0.15) is 11.5 Å². The van der Waals surface area contributed by atoms with Crippen molar-refractivity contribution in [3.63, 3.8) is 0 Å². The average Bonchev–Trinajstić information content (AvgIpc) is 3.10. The van der Waals surface area contributed by atoms with E-state index in [4.69, 9.17) is 19.9 Å². The van der Waals surface area contributed by atoms with E-state index in [-0.39, 0.29) is 46.3 Å². The SMILES string of the molecule is COC(=O)C1=C(C(=O)OC)N(c2ccc(S(=O)(=O)N3CCN(c4ccccc4OC)CC3)cc2)C(N)=C(C#N)C1c1ccccc1. The van der Waals surface area contributed by atoms with Gasteiger partial charge in [-0.05, 0) is 42.0 Å². The zero-order valence-corrected chi connectivity index (χ0v) is 26.4. The number of allylic oxidation sites excluding steroid dienone is 1. The fourth-order valence-electron chi connectivity index (χ4n) is 5.76. The molecule has 3 aromatic carbocycles. The number of nitrogens with zero attached hydrogens (tertiary/aromatic N) is 4. The van der Waals surface area contributed by atoms with E-state index in [1.807, 2.05) is 24.3 Å². The van der Waals surface area contributed by atoms with Gasteiger partial charge in [0, 0.05) is 31.9 Å². The highest BCUT2D eigenvalue weighted by Crippen LogP contribution is 2.43. The molecule has 3 aromatic rings. The van der Waals surface area contributed by atoms with E-state index in [0.29, 0.717) is 24.4 Å². The predicted molar refractivity (Wildman–Crippen MR) is 170 cm³/mol. The molecule has 0 aromatic heterocycles. The lowest BCUT2D eigenvalue weighted by molar-refractivity contribution is -0.139. The maximum absolute atomic E-state index is 13.7. The molecule has 2 N–H and O–H groups in total. The molecule has 2 aliphatic heterocycles. The van der Waals surface area contributed by atoms with Crippen LogP contribution in [0, 0.1) is 11.3 Å². The van der Waals surface area contributed by atoms with Crippen molar-refractivity contribution in [1.82, 2.24) is 4.31 Å². The van der Waals surface area contributed by atoms with Gasteiger partial charge in [0.2, 0.25) is 10.0 Å². The van der Waals surface area contributed by atoms with E-state index in [2.05, 4.69) is 11.0 Å². The number of methoxy groups -OCH3 is 3. The number of sulfonamides is 1. The van der Waals surface area contributed by atoms with Gasteiger partial charge < -0.3 is 24.8 Å². The molecule has 5 rings (SSSR count). The summed E-state index contributed by atoms with van der Waals surface area (Å²) in [5.41, 5.74) is 7.83. The van der Waals surface area contributed by atoms with Gasteiger partial charge in [0.25, 0.3) is 0 Å². The van der Waals surface area contributed by atoms with E-state index < -0.39 is 27.9 Å². The number of esters is 2. The summed E-state index contributed by atoms with van der Waals surface area (Å²) in [6.45, 7) is 1.45. The molecule has 0 amide bonds. The molecule has 12 nitrogen and oxygen atoms in total. The quantitative estimate of drug-likeness (QED) is 0.360. The Hall–Kier alpha value is -5.32. The number of nitrogens with two attached hydrogens (primary N) is 1. The first-order valence-corrected chi connectivity index (χ1v) is 15.8. The minimum absolute atomic E-state index is 0.00358. The van der Waals surface area contributed by atoms with Gasteiger partial charge in [-0.2, -0.15) is 9.57 Å². The number of rotatable bonds is 8. The Kier molecular flexibility index (Phi) is 9.31. The second-order valence-corrected chi connectivity index (χ2v) is 12.3. The third-order valence-electron chi connectivity index (χ3n) is 8.01. The average molecular weight is 644 g/mol. The van der Waals surface area contributed by atoms with E-state index in [1.165, 1.54) is 40.6 Å². The molecule has 46 heavy (non-hydrogen) atoms. The standard InChI is InChI=1S/C33H33N5O7S/c1-43-27-12-8-7-11-26(27)36-17-19-37(20-18-36)46(41,42)24-15-13-23(14-16-24)38-30(33(40)45-3)29(32(39)44-2)28(25(21-34)31(38)35)22-9-5-4-6-10-22/h4-16,28H,17-20,35H2,1-3H3. The number of carbonyl (C=O) groups excluding carboxylic acids is 2. The van der Waals surface area contributed by atoms with Gasteiger partial charge in [-0.15, -0.1) is 0 Å². The van der Waals surface area contributed by atoms with Gasteiger partial charge in [-0.25, -0.2) is 18.0 Å². The molecule has 2 aliphatic rings. The number of hydrogen-bond donors (Lipinski definition) is 1. The van der Waals surface area contributed by atoms with Crippen LogP contribution < -0.4 is 20.3 Å². The molecule has 0 saturated carbocycles. The van der Waals surface area contributed by atoms with Crippen molar-refractivity contribution in [2.24, 2.45) is 5.73 Å². The highest BCUT2D eigenvalue weighted by Gasteiger charge is 2.43. The van der Waals surface area contributed by atoms with Crippen molar-refractivity contribution in [3.8, 4) is 11.8 Å². The Labute approximate surface area is 267 Å². The third kappa shape index (κ3) is 5.76. The summed E-state index contributed by atoms with van der Waals surface area (Å²) in [7, 11) is 0.0355. The lowest BCUT2D eigenvalue weighted by Gasteiger charge is -2.36. The molecular formula is C33H33N5O7S. The molecule has 1 atom stereocenters. The Bertz CT molecular complexity index is 1840. The number of carbonyl (C=O) groups is 2. The maximum Gasteiger partial charge on any atom is 0.355 e. The number of nitriles is 1. The fourth-order valence-corrected chi connectivity index (χ4v) is 7.18. The van der Waals surface area contributed by atoms with E-state index >= 15 is 0 Å². The van der Waals surface area contributed by atoms with Crippen LogP contribution in [0.2, 0.25) is 0 Å². The van der Waals surface area contributed by atoms with Gasteiger partial charge in [-0.3, -0.25) is 4.90 Å². The minimum Gasteiger partial charge on any atom is -0.495 e. The van der Waals surface area contributed by atoms with Crippen molar-refractivity contribution in [2.45, 2.75) is 10.8 Å². The summed E-state index contributed by atoms with van der Waals surface area (Å²) < 4.78 is 44.3. The summed E-state index contributed by atoms with van der Waals surface area (Å²) in [4.78, 5) is 29.9. The molecule has 1 fully saturated rings. The van der Waals surface area contributed by atoms with Crippen LogP contribution >= 0.6 is 0 Å². The van der Waals surface area contributed by atoms with Crippen LogP contribution in [0.15, 0.2) is 106 Å². The first kappa shape index (κ1) is 32.1. The van der Waals surface area contributed by atoms with Crippen LogP contribution in [0.3, 0.4) is 0 Å². The molecule has 0 spiro atoms. The Balaban J connectivity index is 1.49. The Morgan fingerprint density at radius 1 is 0.848 bits per heavy atom. The van der Waals surface area contributed by atoms with Crippen molar-refractivity contribution in [3.05, 3.63) is 107 Å². The van der Waals surface area contributed by atoms with Gasteiger partial charge >= 0.3 is 11.9 Å². The van der Waals surface area contributed by atoms with Gasteiger partial charge in [0.05, 0.1) is 55.0 Å². The summed E-state index contributed by atoms with van der Waals surface area (Å²) >= 11 is 0. The van der Waals surface area contributed by atoms with Crippen LogP contribution in [0.4, 0.5) is 11.4 Å². The van der Waals surface area contributed by atoms with Crippen molar-refractivity contribution >= 4 is 33.3 Å². The summed E-state index contributed by atoms with van der Waals surface area (Å²) in [6.07, 6.45) is 0. The first-order chi connectivity index (χ1) is 22.2. The Morgan fingerprint density at radius 2 is 1.46 bits per heavy atom. The molecular weight excluding hydrogens is 610 g/mol. The predicted octanol–water partition coefficient (Wildman–Crippen LogP) is 3.10. The van der Waals surface area contributed by atoms with Gasteiger partial charge in [-0.1, -0.05) is 42.5 Å². The van der Waals surface area contributed by atoms with E-state index in [1.54, 1.807) is 37.4 Å². The topological polar surface area (TPSA) is 156 Å². The smallest absolute Gasteiger partial charge is 0.355 e. The minimum atomic E-state index is -3.88. The van der Waals surface area contributed by atoms with Gasteiger partial charge in [0.15, 0.2) is 0 Å². The highest BCUT2D eigenvalue weighted by molar-refractivity contribution is 7.89. The number of para-hydroxylation sites is 2. The molecule has 1 saturated heterocycles. The zero-order valence-electron chi connectivity index (χ0n) is 25.5. The van der Waals surface area contributed by atoms with Crippen LogP contribution in [-0.4, -0.2) is 72.2 Å². The third-order valence-corrected chi connectivity index (χ3v) is 9.92. The van der Waals surface area contributed by atoms with Crippen LogP contribution in [-0.2, 0) is 29.1 Å². The molecule has 2 heterocycles. The lowest BCUT2D eigenvalue weighted by atomic mass is 9.81. The van der Waals surface area contributed by atoms with E-state index in [9.17, 15) is 23.3 Å². The fraction of sp³-hybridized carbons (Fsp3) is 0.242. The zero-order chi connectivity index (χ0) is 33.0. The largest absolute Gasteiger partial charge is 0.495 e. The second-order valence-electron chi connectivity index (χ2n) is 10.4. The number of benzene rings is 3.